The molecule has 1 unspecified atom stereocenters. The van der Waals surface area contributed by atoms with Crippen molar-refractivity contribution in [1.29, 1.82) is 0 Å². The fourth-order valence-electron chi connectivity index (χ4n) is 5.03. The molecule has 1 saturated carbocycles. The fourth-order valence-corrected chi connectivity index (χ4v) is 5.38. The molecular formula is C24H32ClN5S. The zero-order valence-electron chi connectivity index (χ0n) is 18.5. The zero-order chi connectivity index (χ0) is 21.8. The lowest BCUT2D eigenvalue weighted by Crippen LogP contribution is -2.41. The molecule has 2 heterocycles. The lowest BCUT2D eigenvalue weighted by atomic mass is 9.79. The number of nitrogens with one attached hydrogen (secondary N) is 2. The van der Waals surface area contributed by atoms with Crippen molar-refractivity contribution in [2.24, 2.45) is 0 Å². The van der Waals surface area contributed by atoms with Gasteiger partial charge in [-0.05, 0) is 75.9 Å². The van der Waals surface area contributed by atoms with Gasteiger partial charge in [0.25, 0.3) is 0 Å². The minimum Gasteiger partial charge on any atom is -0.361 e. The highest BCUT2D eigenvalue weighted by atomic mass is 35.5. The summed E-state index contributed by atoms with van der Waals surface area (Å²) in [6.45, 7) is 6.10. The second-order valence-electron chi connectivity index (χ2n) is 9.03. The maximum Gasteiger partial charge on any atom is 0.231 e. The Bertz CT molecular complexity index is 928. The van der Waals surface area contributed by atoms with E-state index >= 15 is 0 Å². The first-order valence-corrected chi connectivity index (χ1v) is 12.2. The van der Waals surface area contributed by atoms with Crippen LogP contribution in [0.25, 0.3) is 0 Å². The van der Waals surface area contributed by atoms with Crippen LogP contribution in [0.5, 0.6) is 0 Å². The van der Waals surface area contributed by atoms with Crippen LogP contribution in [-0.2, 0) is 5.41 Å². The predicted molar refractivity (Wildman–Crippen MR) is 133 cm³/mol. The molecule has 1 aromatic heterocycles. The van der Waals surface area contributed by atoms with Gasteiger partial charge in [0, 0.05) is 41.3 Å². The topological polar surface area (TPSA) is 53.1 Å². The quantitative estimate of drug-likeness (QED) is 0.568. The summed E-state index contributed by atoms with van der Waals surface area (Å²) in [5.41, 5.74) is 2.30. The number of thiocarbonyl (C=S) groups is 1. The average molecular weight is 458 g/mol. The lowest BCUT2D eigenvalue weighted by Gasteiger charge is -2.34. The molecular weight excluding hydrogens is 426 g/mol. The van der Waals surface area contributed by atoms with E-state index in [1.54, 1.807) is 0 Å². The van der Waals surface area contributed by atoms with E-state index in [0.29, 0.717) is 17.1 Å². The van der Waals surface area contributed by atoms with Gasteiger partial charge in [-0.25, -0.2) is 4.98 Å². The number of aromatic nitrogens is 2. The van der Waals surface area contributed by atoms with Crippen molar-refractivity contribution in [3.05, 3.63) is 46.6 Å². The average Bonchev–Trinajstić information content (AvgIpc) is 3.22. The molecule has 0 amide bonds. The summed E-state index contributed by atoms with van der Waals surface area (Å²) in [6.07, 6.45) is 8.44. The molecule has 7 heteroatoms. The monoisotopic (exact) mass is 457 g/mol. The molecule has 0 bridgehead atoms. The second kappa shape index (κ2) is 9.70. The Morgan fingerprint density at radius 1 is 1.19 bits per heavy atom. The number of piperidine rings is 1. The summed E-state index contributed by atoms with van der Waals surface area (Å²) < 4.78 is 0. The van der Waals surface area contributed by atoms with Gasteiger partial charge >= 0.3 is 0 Å². The minimum atomic E-state index is 0.0680. The molecule has 1 aliphatic carbocycles. The molecule has 2 N–H and O–H groups in total. The van der Waals surface area contributed by atoms with Gasteiger partial charge < -0.3 is 15.5 Å². The van der Waals surface area contributed by atoms with Crippen LogP contribution in [0.15, 0.2) is 30.3 Å². The normalized spacial score (nSPS) is 20.5. The first-order valence-electron chi connectivity index (χ1n) is 11.4. The van der Waals surface area contributed by atoms with E-state index < -0.39 is 0 Å². The first-order chi connectivity index (χ1) is 14.9. The Hall–Kier alpha value is -1.92. The van der Waals surface area contributed by atoms with Crippen LogP contribution in [0.4, 0.5) is 11.8 Å². The molecule has 2 fully saturated rings. The number of nitrogens with zero attached hydrogens (tertiary/aromatic N) is 3. The van der Waals surface area contributed by atoms with Crippen molar-refractivity contribution in [1.82, 2.24) is 15.3 Å². The number of hydrogen-bond donors (Lipinski definition) is 2. The number of hydrogen-bond acceptors (Lipinski definition) is 4. The van der Waals surface area contributed by atoms with Gasteiger partial charge in [-0.15, -0.1) is 0 Å². The first kappa shape index (κ1) is 22.3. The van der Waals surface area contributed by atoms with Gasteiger partial charge in [0.1, 0.15) is 5.82 Å². The van der Waals surface area contributed by atoms with E-state index in [-0.39, 0.29) is 5.41 Å². The second-order valence-corrected chi connectivity index (χ2v) is 9.88. The zero-order valence-corrected chi connectivity index (χ0v) is 20.0. The number of anilines is 2. The lowest BCUT2D eigenvalue weighted by molar-refractivity contribution is 0.435. The van der Waals surface area contributed by atoms with E-state index in [1.807, 2.05) is 19.1 Å². The van der Waals surface area contributed by atoms with E-state index in [9.17, 15) is 0 Å². The fraction of sp³-hybridized carbons (Fsp3) is 0.542. The van der Waals surface area contributed by atoms with Crippen LogP contribution in [0.1, 0.15) is 63.1 Å². The summed E-state index contributed by atoms with van der Waals surface area (Å²) in [6, 6.07) is 10.8. The highest BCUT2D eigenvalue weighted by Gasteiger charge is 2.35. The summed E-state index contributed by atoms with van der Waals surface area (Å²) in [4.78, 5) is 11.7. The molecule has 0 spiro atoms. The number of aryl methyl sites for hydroxylation is 1. The van der Waals surface area contributed by atoms with Crippen molar-refractivity contribution in [3.63, 3.8) is 0 Å². The van der Waals surface area contributed by atoms with Gasteiger partial charge in [-0.2, -0.15) is 4.98 Å². The Morgan fingerprint density at radius 2 is 2.00 bits per heavy atom. The summed E-state index contributed by atoms with van der Waals surface area (Å²) in [5, 5.41) is 8.02. The minimum absolute atomic E-state index is 0.0680. The van der Waals surface area contributed by atoms with E-state index in [2.05, 4.69) is 45.6 Å². The molecule has 1 aromatic carbocycles. The van der Waals surface area contributed by atoms with Crippen LogP contribution in [0, 0.1) is 6.92 Å². The van der Waals surface area contributed by atoms with E-state index in [4.69, 9.17) is 28.8 Å². The van der Waals surface area contributed by atoms with Gasteiger partial charge in [0.05, 0.1) is 0 Å². The molecule has 1 atom stereocenters. The standard InChI is InChI=1S/C24H32ClN5S/c1-17-14-21(30-13-6-3-8-18(30)2)28-22(27-17)29-23(31)26-16-24(11-4-5-12-24)19-9-7-10-20(25)15-19/h7,9-10,14-15,18H,3-6,8,11-13,16H2,1-2H3,(H2,26,27,28,29,31). The molecule has 2 aromatic rings. The predicted octanol–water partition coefficient (Wildman–Crippen LogP) is 5.62. The van der Waals surface area contributed by atoms with Crippen LogP contribution in [0.3, 0.4) is 0 Å². The molecule has 1 saturated heterocycles. The van der Waals surface area contributed by atoms with E-state index in [1.165, 1.54) is 37.7 Å². The molecule has 5 nitrogen and oxygen atoms in total. The van der Waals surface area contributed by atoms with Crippen LogP contribution in [-0.4, -0.2) is 34.2 Å². The Balaban J connectivity index is 1.44. The van der Waals surface area contributed by atoms with Crippen LogP contribution in [0.2, 0.25) is 5.02 Å². The highest BCUT2D eigenvalue weighted by Crippen LogP contribution is 2.41. The maximum atomic E-state index is 6.28. The molecule has 31 heavy (non-hydrogen) atoms. The SMILES string of the molecule is Cc1cc(N2CCCCC2C)nc(NC(=S)NCC2(c3cccc(Cl)c3)CCCC2)n1. The molecule has 1 aliphatic heterocycles. The Kier molecular flexibility index (Phi) is 6.97. The van der Waals surface area contributed by atoms with Gasteiger partial charge in [0.2, 0.25) is 5.95 Å². The van der Waals surface area contributed by atoms with Crippen molar-refractivity contribution in [3.8, 4) is 0 Å². The van der Waals surface area contributed by atoms with Crippen molar-refractivity contribution >= 4 is 40.7 Å². The smallest absolute Gasteiger partial charge is 0.231 e. The van der Waals surface area contributed by atoms with Gasteiger partial charge in [0.15, 0.2) is 5.11 Å². The third-order valence-corrected chi connectivity index (χ3v) is 7.23. The van der Waals surface area contributed by atoms with Crippen LogP contribution >= 0.6 is 23.8 Å². The van der Waals surface area contributed by atoms with Crippen molar-refractivity contribution in [2.45, 2.75) is 70.3 Å². The van der Waals surface area contributed by atoms with Crippen molar-refractivity contribution < 1.29 is 0 Å². The van der Waals surface area contributed by atoms with E-state index in [0.717, 1.165) is 42.5 Å². The van der Waals surface area contributed by atoms with Crippen molar-refractivity contribution in [2.75, 3.05) is 23.3 Å². The number of halogens is 1. The third kappa shape index (κ3) is 5.29. The molecule has 166 valence electrons. The number of rotatable bonds is 5. The summed E-state index contributed by atoms with van der Waals surface area (Å²) in [5.74, 6) is 1.55. The van der Waals surface area contributed by atoms with Gasteiger partial charge in [-0.3, -0.25) is 0 Å². The largest absolute Gasteiger partial charge is 0.361 e. The van der Waals surface area contributed by atoms with Gasteiger partial charge in [-0.1, -0.05) is 36.6 Å². The maximum absolute atomic E-state index is 6.28. The number of benzene rings is 1. The third-order valence-electron chi connectivity index (χ3n) is 6.75. The molecule has 2 aliphatic rings. The molecule has 0 radical (unpaired) electrons. The molecule has 4 rings (SSSR count). The summed E-state index contributed by atoms with van der Waals surface area (Å²) in [7, 11) is 0. The highest BCUT2D eigenvalue weighted by molar-refractivity contribution is 7.80. The Morgan fingerprint density at radius 3 is 2.74 bits per heavy atom. The summed E-state index contributed by atoms with van der Waals surface area (Å²) >= 11 is 11.9. The Labute approximate surface area is 196 Å². The van der Waals surface area contributed by atoms with Crippen LogP contribution < -0.4 is 15.5 Å².